The summed E-state index contributed by atoms with van der Waals surface area (Å²) < 4.78 is 25.1. The Kier molecular flexibility index (Phi) is 6.04. The maximum Gasteiger partial charge on any atom is 0.224 e. The molecule has 2 unspecified atom stereocenters. The van der Waals surface area contributed by atoms with Gasteiger partial charge in [-0.25, -0.2) is 13.1 Å². The van der Waals surface area contributed by atoms with Crippen molar-refractivity contribution in [2.75, 3.05) is 18.8 Å². The van der Waals surface area contributed by atoms with E-state index in [9.17, 15) is 13.2 Å². The van der Waals surface area contributed by atoms with Crippen molar-refractivity contribution in [2.24, 2.45) is 11.7 Å². The minimum Gasteiger partial charge on any atom is -0.355 e. The zero-order valence-corrected chi connectivity index (χ0v) is 11.6. The molecule has 0 aromatic heterocycles. The molecule has 0 aliphatic heterocycles. The van der Waals surface area contributed by atoms with Crippen molar-refractivity contribution in [3.05, 3.63) is 0 Å². The second-order valence-corrected chi connectivity index (χ2v) is 6.59. The first-order chi connectivity index (χ1) is 8.46. The average molecular weight is 277 g/mol. The van der Waals surface area contributed by atoms with Gasteiger partial charge in [-0.2, -0.15) is 0 Å². The van der Waals surface area contributed by atoms with Crippen LogP contribution in [0.4, 0.5) is 0 Å². The molecule has 1 saturated carbocycles. The smallest absolute Gasteiger partial charge is 0.224 e. The summed E-state index contributed by atoms with van der Waals surface area (Å²) in [6.45, 7) is 2.22. The maximum atomic E-state index is 11.8. The van der Waals surface area contributed by atoms with Crippen LogP contribution in [0.15, 0.2) is 0 Å². The molecule has 2 atom stereocenters. The summed E-state index contributed by atoms with van der Waals surface area (Å²) in [6, 6.07) is -0.0934. The number of carbonyl (C=O) groups excluding carboxylic acids is 1. The predicted molar refractivity (Wildman–Crippen MR) is 70.4 cm³/mol. The molecule has 1 amide bonds. The van der Waals surface area contributed by atoms with Gasteiger partial charge in [0.25, 0.3) is 0 Å². The van der Waals surface area contributed by atoms with E-state index < -0.39 is 10.0 Å². The summed E-state index contributed by atoms with van der Waals surface area (Å²) in [5.74, 6) is -0.372. The summed E-state index contributed by atoms with van der Waals surface area (Å²) in [5, 5.41) is 2.66. The predicted octanol–water partition coefficient (Wildman–Crippen LogP) is -0.441. The molecule has 1 rings (SSSR count). The van der Waals surface area contributed by atoms with E-state index in [0.29, 0.717) is 6.54 Å². The summed E-state index contributed by atoms with van der Waals surface area (Å²) in [6.07, 6.45) is 3.75. The minimum atomic E-state index is -3.27. The molecule has 7 heteroatoms. The third-order valence-electron chi connectivity index (χ3n) is 3.19. The van der Waals surface area contributed by atoms with Gasteiger partial charge in [-0.05, 0) is 12.8 Å². The number of rotatable bonds is 6. The Labute approximate surface area is 109 Å². The molecule has 1 aliphatic rings. The molecule has 1 fully saturated rings. The van der Waals surface area contributed by atoms with Crippen molar-refractivity contribution in [2.45, 2.75) is 38.6 Å². The van der Waals surface area contributed by atoms with Gasteiger partial charge in [-0.3, -0.25) is 4.79 Å². The number of sulfonamides is 1. The second kappa shape index (κ2) is 7.06. The van der Waals surface area contributed by atoms with Crippen LogP contribution in [0.3, 0.4) is 0 Å². The Morgan fingerprint density at radius 3 is 2.61 bits per heavy atom. The number of nitrogens with one attached hydrogen (secondary N) is 2. The lowest BCUT2D eigenvalue weighted by Gasteiger charge is -2.27. The molecule has 106 valence electrons. The Hall–Kier alpha value is -0.660. The van der Waals surface area contributed by atoms with Crippen LogP contribution in [-0.2, 0) is 14.8 Å². The standard InChI is InChI=1S/C11H23N3O3S/c1-2-14-18(16,17)8-7-13-11(15)9-5-3-4-6-10(9)12/h9-10,14H,2-8,12H2,1H3,(H,13,15). The monoisotopic (exact) mass is 277 g/mol. The largest absolute Gasteiger partial charge is 0.355 e. The topological polar surface area (TPSA) is 101 Å². The number of hydrogen-bond donors (Lipinski definition) is 3. The van der Waals surface area contributed by atoms with Gasteiger partial charge in [0.05, 0.1) is 11.7 Å². The van der Waals surface area contributed by atoms with Crippen molar-refractivity contribution in [1.82, 2.24) is 10.0 Å². The van der Waals surface area contributed by atoms with Crippen LogP contribution in [0.25, 0.3) is 0 Å². The SMILES string of the molecule is CCNS(=O)(=O)CCNC(=O)C1CCCCC1N. The normalized spacial score (nSPS) is 24.8. The van der Waals surface area contributed by atoms with Gasteiger partial charge in [0.2, 0.25) is 15.9 Å². The third-order valence-corrected chi connectivity index (χ3v) is 4.66. The molecular formula is C11H23N3O3S. The van der Waals surface area contributed by atoms with E-state index in [2.05, 4.69) is 10.0 Å². The quantitative estimate of drug-likeness (QED) is 0.612. The minimum absolute atomic E-state index is 0.0888. The van der Waals surface area contributed by atoms with E-state index in [-0.39, 0.29) is 30.2 Å². The van der Waals surface area contributed by atoms with E-state index >= 15 is 0 Å². The van der Waals surface area contributed by atoms with Crippen molar-refractivity contribution >= 4 is 15.9 Å². The molecule has 0 heterocycles. The zero-order valence-electron chi connectivity index (χ0n) is 10.8. The lowest BCUT2D eigenvalue weighted by atomic mass is 9.84. The summed E-state index contributed by atoms with van der Waals surface area (Å²) in [5.41, 5.74) is 5.89. The summed E-state index contributed by atoms with van der Waals surface area (Å²) >= 11 is 0. The average Bonchev–Trinajstić information content (AvgIpc) is 2.29. The van der Waals surface area contributed by atoms with E-state index in [1.807, 2.05) is 0 Å². The second-order valence-electron chi connectivity index (χ2n) is 4.66. The molecule has 18 heavy (non-hydrogen) atoms. The van der Waals surface area contributed by atoms with Crippen LogP contribution in [0, 0.1) is 5.92 Å². The van der Waals surface area contributed by atoms with Crippen molar-refractivity contribution < 1.29 is 13.2 Å². The Bertz CT molecular complexity index is 370. The number of nitrogens with two attached hydrogens (primary N) is 1. The van der Waals surface area contributed by atoms with Gasteiger partial charge in [0.1, 0.15) is 0 Å². The lowest BCUT2D eigenvalue weighted by molar-refractivity contribution is -0.126. The summed E-state index contributed by atoms with van der Waals surface area (Å²) in [7, 11) is -3.27. The van der Waals surface area contributed by atoms with Crippen LogP contribution >= 0.6 is 0 Å². The van der Waals surface area contributed by atoms with Crippen LogP contribution < -0.4 is 15.8 Å². The molecule has 0 bridgehead atoms. The third kappa shape index (κ3) is 4.91. The highest BCUT2D eigenvalue weighted by Crippen LogP contribution is 2.22. The number of amides is 1. The first-order valence-corrected chi connectivity index (χ1v) is 8.12. The highest BCUT2D eigenvalue weighted by molar-refractivity contribution is 7.89. The van der Waals surface area contributed by atoms with Gasteiger partial charge < -0.3 is 11.1 Å². The Morgan fingerprint density at radius 2 is 2.00 bits per heavy atom. The maximum absolute atomic E-state index is 11.8. The van der Waals surface area contributed by atoms with E-state index in [4.69, 9.17) is 5.73 Å². The highest BCUT2D eigenvalue weighted by atomic mass is 32.2. The number of hydrogen-bond acceptors (Lipinski definition) is 4. The first kappa shape index (κ1) is 15.4. The zero-order chi connectivity index (χ0) is 13.6. The van der Waals surface area contributed by atoms with Crippen LogP contribution in [0.2, 0.25) is 0 Å². The van der Waals surface area contributed by atoms with E-state index in [1.165, 1.54) is 0 Å². The fourth-order valence-corrected chi connectivity index (χ4v) is 3.17. The van der Waals surface area contributed by atoms with Gasteiger partial charge in [0.15, 0.2) is 0 Å². The molecule has 1 aliphatic carbocycles. The molecule has 0 saturated heterocycles. The van der Waals surface area contributed by atoms with Gasteiger partial charge in [0, 0.05) is 19.1 Å². The van der Waals surface area contributed by atoms with Crippen molar-refractivity contribution in [1.29, 1.82) is 0 Å². The molecular weight excluding hydrogens is 254 g/mol. The Balaban J connectivity index is 2.32. The molecule has 0 aromatic carbocycles. The molecule has 6 nitrogen and oxygen atoms in total. The van der Waals surface area contributed by atoms with Crippen molar-refractivity contribution in [3.63, 3.8) is 0 Å². The van der Waals surface area contributed by atoms with E-state index in [1.54, 1.807) is 6.92 Å². The molecule has 0 aromatic rings. The van der Waals surface area contributed by atoms with Crippen LogP contribution in [0.5, 0.6) is 0 Å². The van der Waals surface area contributed by atoms with E-state index in [0.717, 1.165) is 25.7 Å². The van der Waals surface area contributed by atoms with Gasteiger partial charge in [-0.1, -0.05) is 19.8 Å². The lowest BCUT2D eigenvalue weighted by Crippen LogP contribution is -2.45. The number of carbonyl (C=O) groups is 1. The molecule has 0 radical (unpaired) electrons. The molecule has 0 spiro atoms. The van der Waals surface area contributed by atoms with Gasteiger partial charge in [-0.15, -0.1) is 0 Å². The first-order valence-electron chi connectivity index (χ1n) is 6.47. The highest BCUT2D eigenvalue weighted by Gasteiger charge is 2.28. The van der Waals surface area contributed by atoms with Crippen molar-refractivity contribution in [3.8, 4) is 0 Å². The fraction of sp³-hybridized carbons (Fsp3) is 0.909. The Morgan fingerprint density at radius 1 is 1.33 bits per heavy atom. The van der Waals surface area contributed by atoms with Crippen LogP contribution in [0.1, 0.15) is 32.6 Å². The van der Waals surface area contributed by atoms with Crippen LogP contribution in [-0.4, -0.2) is 39.2 Å². The fourth-order valence-electron chi connectivity index (χ4n) is 2.22. The van der Waals surface area contributed by atoms with Gasteiger partial charge >= 0.3 is 0 Å². The summed E-state index contributed by atoms with van der Waals surface area (Å²) in [4.78, 5) is 11.8. The molecule has 4 N–H and O–H groups in total.